The lowest BCUT2D eigenvalue weighted by Gasteiger charge is -2.38. The Morgan fingerprint density at radius 2 is 1.95 bits per heavy atom. The van der Waals surface area contributed by atoms with Gasteiger partial charge in [-0.1, -0.05) is 6.07 Å². The molecule has 118 valence electrons. The Balaban J connectivity index is 1.97. The van der Waals surface area contributed by atoms with E-state index < -0.39 is 33.2 Å². The van der Waals surface area contributed by atoms with Crippen LogP contribution in [0.15, 0.2) is 18.2 Å². The van der Waals surface area contributed by atoms with E-state index in [0.29, 0.717) is 0 Å². The summed E-state index contributed by atoms with van der Waals surface area (Å²) in [6, 6.07) is 3.37. The molecular formula is C12H15F3N2O3S. The predicted molar refractivity (Wildman–Crippen MR) is 69.3 cm³/mol. The maximum atomic E-state index is 12.5. The van der Waals surface area contributed by atoms with Crippen LogP contribution in [0.1, 0.15) is 19.5 Å². The number of hydrogen-bond donors (Lipinski definition) is 0. The van der Waals surface area contributed by atoms with Crippen molar-refractivity contribution in [2.45, 2.75) is 31.4 Å². The minimum atomic E-state index is -4.54. The SMILES string of the molecule is CC(C)S(=O)(=O)N1CC(Oc2cccc(C(F)(F)F)n2)C1. The normalized spacial score (nSPS) is 17.8. The zero-order valence-electron chi connectivity index (χ0n) is 11.5. The van der Waals surface area contributed by atoms with E-state index in [-0.39, 0.29) is 19.0 Å². The number of rotatable bonds is 4. The third-order valence-electron chi connectivity index (χ3n) is 3.07. The van der Waals surface area contributed by atoms with E-state index in [1.54, 1.807) is 13.8 Å². The van der Waals surface area contributed by atoms with Gasteiger partial charge in [0.1, 0.15) is 11.8 Å². The van der Waals surface area contributed by atoms with Gasteiger partial charge < -0.3 is 4.74 Å². The van der Waals surface area contributed by atoms with E-state index in [4.69, 9.17) is 4.74 Å². The number of sulfonamides is 1. The number of alkyl halides is 3. The molecule has 0 N–H and O–H groups in total. The number of pyridine rings is 1. The molecule has 1 saturated heterocycles. The summed E-state index contributed by atoms with van der Waals surface area (Å²) in [4.78, 5) is 3.37. The Morgan fingerprint density at radius 1 is 1.33 bits per heavy atom. The van der Waals surface area contributed by atoms with Crippen molar-refractivity contribution in [2.24, 2.45) is 0 Å². The van der Waals surface area contributed by atoms with Crippen LogP contribution in [-0.4, -0.2) is 42.2 Å². The second-order valence-corrected chi connectivity index (χ2v) is 7.50. The molecule has 9 heteroatoms. The summed E-state index contributed by atoms with van der Waals surface area (Å²) in [6.45, 7) is 3.38. The first-order chi connectivity index (χ1) is 9.60. The summed E-state index contributed by atoms with van der Waals surface area (Å²) in [5.74, 6) is -0.156. The van der Waals surface area contributed by atoms with Crippen molar-refractivity contribution in [3.8, 4) is 5.88 Å². The topological polar surface area (TPSA) is 59.5 Å². The zero-order chi connectivity index (χ0) is 15.8. The van der Waals surface area contributed by atoms with Gasteiger partial charge in [0, 0.05) is 6.07 Å². The summed E-state index contributed by atoms with van der Waals surface area (Å²) in [7, 11) is -3.34. The van der Waals surface area contributed by atoms with Gasteiger partial charge in [0.15, 0.2) is 0 Å². The minimum absolute atomic E-state index is 0.123. The molecule has 0 aromatic carbocycles. The smallest absolute Gasteiger partial charge is 0.433 e. The minimum Gasteiger partial charge on any atom is -0.472 e. The van der Waals surface area contributed by atoms with Crippen molar-refractivity contribution in [1.82, 2.24) is 9.29 Å². The molecule has 0 radical (unpaired) electrons. The van der Waals surface area contributed by atoms with E-state index in [0.717, 1.165) is 6.07 Å². The molecular weight excluding hydrogens is 309 g/mol. The van der Waals surface area contributed by atoms with Crippen molar-refractivity contribution in [3.63, 3.8) is 0 Å². The maximum Gasteiger partial charge on any atom is 0.433 e. The van der Waals surface area contributed by atoms with Crippen molar-refractivity contribution >= 4 is 10.0 Å². The van der Waals surface area contributed by atoms with Gasteiger partial charge in [0.25, 0.3) is 0 Å². The number of aromatic nitrogens is 1. The average molecular weight is 324 g/mol. The molecule has 0 atom stereocenters. The Labute approximate surface area is 120 Å². The molecule has 1 aromatic heterocycles. The van der Waals surface area contributed by atoms with Gasteiger partial charge in [0.2, 0.25) is 15.9 Å². The van der Waals surface area contributed by atoms with E-state index in [9.17, 15) is 21.6 Å². The van der Waals surface area contributed by atoms with Crippen LogP contribution in [0, 0.1) is 0 Å². The first-order valence-corrected chi connectivity index (χ1v) is 7.81. The summed E-state index contributed by atoms with van der Waals surface area (Å²) in [5, 5.41) is -0.537. The Hall–Kier alpha value is -1.35. The van der Waals surface area contributed by atoms with Crippen molar-refractivity contribution in [2.75, 3.05) is 13.1 Å². The first kappa shape index (κ1) is 16.0. The fourth-order valence-corrected chi connectivity index (χ4v) is 3.13. The highest BCUT2D eigenvalue weighted by atomic mass is 32.2. The average Bonchev–Trinajstić information content (AvgIpc) is 2.32. The fourth-order valence-electron chi connectivity index (χ4n) is 1.79. The van der Waals surface area contributed by atoms with Gasteiger partial charge in [-0.05, 0) is 19.9 Å². The largest absolute Gasteiger partial charge is 0.472 e. The zero-order valence-corrected chi connectivity index (χ0v) is 12.3. The number of ether oxygens (including phenoxy) is 1. The molecule has 0 amide bonds. The van der Waals surface area contributed by atoms with Crippen LogP contribution in [-0.2, 0) is 16.2 Å². The lowest BCUT2D eigenvalue weighted by atomic mass is 10.2. The highest BCUT2D eigenvalue weighted by molar-refractivity contribution is 7.89. The molecule has 2 rings (SSSR count). The number of halogens is 3. The van der Waals surface area contributed by atoms with Crippen molar-refractivity contribution in [1.29, 1.82) is 0 Å². The monoisotopic (exact) mass is 324 g/mol. The van der Waals surface area contributed by atoms with Gasteiger partial charge in [-0.2, -0.15) is 17.5 Å². The third kappa shape index (κ3) is 3.46. The predicted octanol–water partition coefficient (Wildman–Crippen LogP) is 1.90. The maximum absolute atomic E-state index is 12.5. The lowest BCUT2D eigenvalue weighted by molar-refractivity contribution is -0.141. The quantitative estimate of drug-likeness (QED) is 0.849. The van der Waals surface area contributed by atoms with Crippen LogP contribution >= 0.6 is 0 Å². The van der Waals surface area contributed by atoms with E-state index in [1.807, 2.05) is 0 Å². The third-order valence-corrected chi connectivity index (χ3v) is 5.28. The molecule has 0 saturated carbocycles. The van der Waals surface area contributed by atoms with E-state index >= 15 is 0 Å². The van der Waals surface area contributed by atoms with Crippen LogP contribution < -0.4 is 4.74 Å². The van der Waals surface area contributed by atoms with Gasteiger partial charge >= 0.3 is 6.18 Å². The second kappa shape index (κ2) is 5.45. The van der Waals surface area contributed by atoms with Gasteiger partial charge in [-0.25, -0.2) is 13.4 Å². The van der Waals surface area contributed by atoms with Crippen molar-refractivity contribution in [3.05, 3.63) is 23.9 Å². The molecule has 0 aliphatic carbocycles. The number of nitrogens with zero attached hydrogens (tertiary/aromatic N) is 2. The molecule has 1 fully saturated rings. The van der Waals surface area contributed by atoms with Gasteiger partial charge in [0.05, 0.1) is 18.3 Å². The highest BCUT2D eigenvalue weighted by Gasteiger charge is 2.39. The Morgan fingerprint density at radius 3 is 2.48 bits per heavy atom. The second-order valence-electron chi connectivity index (χ2n) is 5.01. The van der Waals surface area contributed by atoms with Crippen LogP contribution in [0.5, 0.6) is 5.88 Å². The van der Waals surface area contributed by atoms with Crippen LogP contribution in [0.4, 0.5) is 13.2 Å². The van der Waals surface area contributed by atoms with Crippen LogP contribution in [0.25, 0.3) is 0 Å². The molecule has 1 aliphatic heterocycles. The van der Waals surface area contributed by atoms with Crippen molar-refractivity contribution < 1.29 is 26.3 Å². The molecule has 2 heterocycles. The highest BCUT2D eigenvalue weighted by Crippen LogP contribution is 2.29. The van der Waals surface area contributed by atoms with Crippen LogP contribution in [0.2, 0.25) is 0 Å². The van der Waals surface area contributed by atoms with Crippen LogP contribution in [0.3, 0.4) is 0 Å². The summed E-state index contributed by atoms with van der Waals surface area (Å²) < 4.78 is 67.6. The van der Waals surface area contributed by atoms with Gasteiger partial charge in [-0.3, -0.25) is 0 Å². The van der Waals surface area contributed by atoms with Gasteiger partial charge in [-0.15, -0.1) is 0 Å². The molecule has 1 aliphatic rings. The molecule has 0 spiro atoms. The summed E-state index contributed by atoms with van der Waals surface area (Å²) in [5.41, 5.74) is -1.04. The summed E-state index contributed by atoms with van der Waals surface area (Å²) in [6.07, 6.45) is -5.01. The number of hydrogen-bond acceptors (Lipinski definition) is 4. The molecule has 0 unspecified atom stereocenters. The molecule has 1 aromatic rings. The fraction of sp³-hybridized carbons (Fsp3) is 0.583. The molecule has 5 nitrogen and oxygen atoms in total. The molecule has 21 heavy (non-hydrogen) atoms. The lowest BCUT2D eigenvalue weighted by Crippen LogP contribution is -2.57. The Bertz CT molecular complexity index is 610. The summed E-state index contributed by atoms with van der Waals surface area (Å²) >= 11 is 0. The van der Waals surface area contributed by atoms with E-state index in [1.165, 1.54) is 16.4 Å². The van der Waals surface area contributed by atoms with E-state index in [2.05, 4.69) is 4.98 Å². The standard InChI is InChI=1S/C12H15F3N2O3S/c1-8(2)21(18,19)17-6-9(7-17)20-11-5-3-4-10(16-11)12(13,14)15/h3-5,8-9H,6-7H2,1-2H3. The molecule has 0 bridgehead atoms. The Kier molecular flexibility index (Phi) is 4.16. The first-order valence-electron chi connectivity index (χ1n) is 6.30.